The minimum atomic E-state index is 0.332. The van der Waals surface area contributed by atoms with Crippen LogP contribution >= 0.6 is 11.6 Å². The predicted octanol–water partition coefficient (Wildman–Crippen LogP) is 1.91. The van der Waals surface area contributed by atoms with Crippen LogP contribution in [-0.2, 0) is 0 Å². The first-order valence-electron chi connectivity index (χ1n) is 4.41. The van der Waals surface area contributed by atoms with E-state index in [9.17, 15) is 0 Å². The molecule has 0 radical (unpaired) electrons. The molecular weight excluding hydrogens is 186 g/mol. The van der Waals surface area contributed by atoms with Crippen molar-refractivity contribution in [2.45, 2.75) is 12.8 Å². The number of rotatable bonds is 4. The van der Waals surface area contributed by atoms with Crippen molar-refractivity contribution >= 4 is 17.4 Å². The summed E-state index contributed by atoms with van der Waals surface area (Å²) in [5.41, 5.74) is 0.332. The van der Waals surface area contributed by atoms with Gasteiger partial charge in [0.2, 0.25) is 0 Å². The number of aromatic nitrogens is 2. The Kier molecular flexibility index (Phi) is 2.36. The van der Waals surface area contributed by atoms with Crippen molar-refractivity contribution in [3.8, 4) is 0 Å². The van der Waals surface area contributed by atoms with E-state index in [1.807, 2.05) is 0 Å². The molecule has 0 unspecified atom stereocenters. The van der Waals surface area contributed by atoms with Crippen LogP contribution in [0, 0.1) is 5.41 Å². The molecule has 1 heterocycles. The summed E-state index contributed by atoms with van der Waals surface area (Å²) in [4.78, 5) is 8.10. The smallest absolute Gasteiger partial charge is 0.144 e. The topological polar surface area (TPSA) is 37.8 Å². The zero-order valence-corrected chi connectivity index (χ0v) is 8.09. The van der Waals surface area contributed by atoms with E-state index in [4.69, 9.17) is 11.6 Å². The van der Waals surface area contributed by atoms with Crippen molar-refractivity contribution in [3.63, 3.8) is 0 Å². The second kappa shape index (κ2) is 3.50. The maximum absolute atomic E-state index is 5.85. The first kappa shape index (κ1) is 8.75. The molecule has 0 atom stereocenters. The van der Waals surface area contributed by atoms with Crippen molar-refractivity contribution in [2.24, 2.45) is 5.41 Å². The second-order valence-electron chi connectivity index (χ2n) is 3.58. The van der Waals surface area contributed by atoms with Crippen LogP contribution in [0.1, 0.15) is 12.8 Å². The van der Waals surface area contributed by atoms with Crippen molar-refractivity contribution in [3.05, 3.63) is 18.6 Å². The molecule has 4 heteroatoms. The highest BCUT2D eigenvalue weighted by Gasteiger charge is 2.41. The molecule has 0 aliphatic heterocycles. The minimum absolute atomic E-state index is 0.332. The quantitative estimate of drug-likeness (QED) is 0.750. The molecule has 1 aromatic rings. The van der Waals surface area contributed by atoms with Crippen LogP contribution in [0.3, 0.4) is 0 Å². The highest BCUT2D eigenvalue weighted by molar-refractivity contribution is 6.18. The second-order valence-corrected chi connectivity index (χ2v) is 3.85. The molecule has 1 fully saturated rings. The monoisotopic (exact) mass is 197 g/mol. The fourth-order valence-electron chi connectivity index (χ4n) is 1.20. The number of nitrogens with zero attached hydrogens (tertiary/aromatic N) is 2. The van der Waals surface area contributed by atoms with Gasteiger partial charge in [-0.05, 0) is 12.8 Å². The number of halogens is 1. The zero-order chi connectivity index (χ0) is 9.15. The third kappa shape index (κ3) is 2.10. The molecule has 13 heavy (non-hydrogen) atoms. The van der Waals surface area contributed by atoms with Gasteiger partial charge in [0.25, 0.3) is 0 Å². The van der Waals surface area contributed by atoms with Gasteiger partial charge in [0, 0.05) is 30.2 Å². The summed E-state index contributed by atoms with van der Waals surface area (Å²) >= 11 is 5.85. The van der Waals surface area contributed by atoms with Gasteiger partial charge in [-0.25, -0.2) is 4.98 Å². The van der Waals surface area contributed by atoms with Gasteiger partial charge < -0.3 is 5.32 Å². The molecule has 0 spiro atoms. The van der Waals surface area contributed by atoms with Crippen LogP contribution in [0.5, 0.6) is 0 Å². The Morgan fingerprint density at radius 3 is 2.85 bits per heavy atom. The largest absolute Gasteiger partial charge is 0.368 e. The maximum Gasteiger partial charge on any atom is 0.144 e. The van der Waals surface area contributed by atoms with Crippen LogP contribution in [0.25, 0.3) is 0 Å². The highest BCUT2D eigenvalue weighted by Crippen LogP contribution is 2.46. The van der Waals surface area contributed by atoms with Crippen LogP contribution in [0.15, 0.2) is 18.6 Å². The Morgan fingerprint density at radius 1 is 1.46 bits per heavy atom. The summed E-state index contributed by atoms with van der Waals surface area (Å²) in [5, 5.41) is 3.24. The van der Waals surface area contributed by atoms with Crippen molar-refractivity contribution in [1.82, 2.24) is 9.97 Å². The minimum Gasteiger partial charge on any atom is -0.368 e. The first-order chi connectivity index (χ1) is 6.35. The SMILES string of the molecule is ClCC1(CNc2cnccn2)CC1. The molecule has 2 rings (SSSR count). The van der Waals surface area contributed by atoms with E-state index in [-0.39, 0.29) is 0 Å². The molecule has 1 saturated carbocycles. The molecule has 70 valence electrons. The normalized spacial score (nSPS) is 18.2. The van der Waals surface area contributed by atoms with E-state index in [1.165, 1.54) is 12.8 Å². The van der Waals surface area contributed by atoms with Gasteiger partial charge in [-0.2, -0.15) is 0 Å². The summed E-state index contributed by atoms with van der Waals surface area (Å²) in [5.74, 6) is 1.57. The molecule has 0 aromatic carbocycles. The summed E-state index contributed by atoms with van der Waals surface area (Å²) in [7, 11) is 0. The van der Waals surface area contributed by atoms with Crippen molar-refractivity contribution in [2.75, 3.05) is 17.7 Å². The van der Waals surface area contributed by atoms with Crippen LogP contribution in [-0.4, -0.2) is 22.4 Å². The number of alkyl halides is 1. The summed E-state index contributed by atoms with van der Waals surface area (Å²) in [6.45, 7) is 0.912. The summed E-state index contributed by atoms with van der Waals surface area (Å²) < 4.78 is 0. The highest BCUT2D eigenvalue weighted by atomic mass is 35.5. The van der Waals surface area contributed by atoms with E-state index in [2.05, 4.69) is 15.3 Å². The van der Waals surface area contributed by atoms with Gasteiger partial charge in [0.05, 0.1) is 6.20 Å². The zero-order valence-electron chi connectivity index (χ0n) is 7.33. The molecular formula is C9H12ClN3. The Balaban J connectivity index is 1.86. The summed E-state index contributed by atoms with van der Waals surface area (Å²) in [6.07, 6.45) is 7.53. The Labute approximate surface area is 82.5 Å². The van der Waals surface area contributed by atoms with Gasteiger partial charge in [0.1, 0.15) is 5.82 Å². The lowest BCUT2D eigenvalue weighted by Gasteiger charge is -2.11. The Morgan fingerprint density at radius 2 is 2.31 bits per heavy atom. The van der Waals surface area contributed by atoms with E-state index in [0.717, 1.165) is 18.2 Å². The molecule has 1 aliphatic carbocycles. The molecule has 1 aromatic heterocycles. The lowest BCUT2D eigenvalue weighted by Crippen LogP contribution is -2.17. The van der Waals surface area contributed by atoms with Crippen molar-refractivity contribution in [1.29, 1.82) is 0 Å². The van der Waals surface area contributed by atoms with E-state index in [1.54, 1.807) is 18.6 Å². The molecule has 0 amide bonds. The lowest BCUT2D eigenvalue weighted by atomic mass is 10.1. The van der Waals surface area contributed by atoms with Crippen LogP contribution in [0.2, 0.25) is 0 Å². The van der Waals surface area contributed by atoms with Crippen LogP contribution < -0.4 is 5.32 Å². The molecule has 0 saturated heterocycles. The summed E-state index contributed by atoms with van der Waals surface area (Å²) in [6, 6.07) is 0. The Hall–Kier alpha value is -0.830. The predicted molar refractivity (Wildman–Crippen MR) is 52.9 cm³/mol. The third-order valence-corrected chi connectivity index (χ3v) is 3.02. The number of anilines is 1. The van der Waals surface area contributed by atoms with Gasteiger partial charge in [-0.1, -0.05) is 0 Å². The van der Waals surface area contributed by atoms with Crippen LogP contribution in [0.4, 0.5) is 5.82 Å². The maximum atomic E-state index is 5.85. The Bertz CT molecular complexity index is 271. The molecule has 1 N–H and O–H groups in total. The van der Waals surface area contributed by atoms with Gasteiger partial charge in [-0.3, -0.25) is 4.98 Å². The molecule has 1 aliphatic rings. The standard InChI is InChI=1S/C9H12ClN3/c10-6-9(1-2-9)7-13-8-5-11-3-4-12-8/h3-5H,1-2,6-7H2,(H,12,13). The number of hydrogen-bond donors (Lipinski definition) is 1. The van der Waals surface area contributed by atoms with E-state index < -0.39 is 0 Å². The average Bonchev–Trinajstić information content (AvgIpc) is 2.97. The fourth-order valence-corrected chi connectivity index (χ4v) is 1.56. The van der Waals surface area contributed by atoms with E-state index in [0.29, 0.717) is 5.41 Å². The van der Waals surface area contributed by atoms with Gasteiger partial charge in [0.15, 0.2) is 0 Å². The third-order valence-electron chi connectivity index (χ3n) is 2.45. The van der Waals surface area contributed by atoms with E-state index >= 15 is 0 Å². The van der Waals surface area contributed by atoms with Gasteiger partial charge in [-0.15, -0.1) is 11.6 Å². The van der Waals surface area contributed by atoms with Crippen molar-refractivity contribution < 1.29 is 0 Å². The average molecular weight is 198 g/mol. The first-order valence-corrected chi connectivity index (χ1v) is 4.94. The number of nitrogens with one attached hydrogen (secondary N) is 1. The molecule has 0 bridgehead atoms. The van der Waals surface area contributed by atoms with Gasteiger partial charge >= 0.3 is 0 Å². The lowest BCUT2D eigenvalue weighted by molar-refractivity contribution is 0.617. The fraction of sp³-hybridized carbons (Fsp3) is 0.556. The number of hydrogen-bond acceptors (Lipinski definition) is 3. The molecule has 3 nitrogen and oxygen atoms in total.